The van der Waals surface area contributed by atoms with Crippen LogP contribution < -0.4 is 15.8 Å². The highest BCUT2D eigenvalue weighted by molar-refractivity contribution is 7.15. The van der Waals surface area contributed by atoms with E-state index < -0.39 is 0 Å². The van der Waals surface area contributed by atoms with E-state index in [1.54, 1.807) is 12.1 Å². The second-order valence-corrected chi connectivity index (χ2v) is 5.06. The van der Waals surface area contributed by atoms with E-state index in [1.165, 1.54) is 11.3 Å². The molecule has 6 nitrogen and oxygen atoms in total. The molecule has 1 aromatic carbocycles. The van der Waals surface area contributed by atoms with Crippen LogP contribution in [0.1, 0.15) is 22.3 Å². The topological polar surface area (TPSA) is 90.1 Å². The Kier molecular flexibility index (Phi) is 4.89. The Morgan fingerprint density at radius 3 is 2.90 bits per heavy atom. The predicted octanol–water partition coefficient (Wildman–Crippen LogP) is 1.49. The third kappa shape index (κ3) is 3.67. The fourth-order valence-electron chi connectivity index (χ4n) is 1.68. The Bertz CT molecular complexity index is 585. The number of aromatic nitrogens is 2. The third-order valence-electron chi connectivity index (χ3n) is 2.54. The van der Waals surface area contributed by atoms with Crippen molar-refractivity contribution in [3.05, 3.63) is 34.8 Å². The molecule has 0 unspecified atom stereocenters. The number of hydrogen-bond acceptors (Lipinski definition) is 6. The van der Waals surface area contributed by atoms with E-state index in [0.29, 0.717) is 36.0 Å². The first-order valence-corrected chi connectivity index (χ1v) is 7.10. The van der Waals surface area contributed by atoms with Crippen LogP contribution in [0.3, 0.4) is 0 Å². The van der Waals surface area contributed by atoms with Crippen LogP contribution in [0.5, 0.6) is 5.75 Å². The molecular formula is C13H16N4O2S. The molecule has 1 heterocycles. The summed E-state index contributed by atoms with van der Waals surface area (Å²) in [5.41, 5.74) is 6.03. The number of nitrogens with zero attached hydrogens (tertiary/aromatic N) is 2. The number of carbonyl (C=O) groups is 1. The van der Waals surface area contributed by atoms with Crippen molar-refractivity contribution in [1.29, 1.82) is 0 Å². The largest absolute Gasteiger partial charge is 0.493 e. The van der Waals surface area contributed by atoms with E-state index in [4.69, 9.17) is 10.5 Å². The average molecular weight is 292 g/mol. The minimum Gasteiger partial charge on any atom is -0.493 e. The quantitative estimate of drug-likeness (QED) is 0.842. The number of para-hydroxylation sites is 1. The molecule has 1 aromatic heterocycles. The van der Waals surface area contributed by atoms with Crippen molar-refractivity contribution in [3.8, 4) is 5.75 Å². The van der Waals surface area contributed by atoms with Crippen molar-refractivity contribution >= 4 is 22.4 Å². The lowest BCUT2D eigenvalue weighted by atomic mass is 10.2. The van der Waals surface area contributed by atoms with Crippen LogP contribution in [-0.2, 0) is 6.42 Å². The lowest BCUT2D eigenvalue weighted by Crippen LogP contribution is -2.26. The van der Waals surface area contributed by atoms with Gasteiger partial charge in [0.25, 0.3) is 5.91 Å². The van der Waals surface area contributed by atoms with Gasteiger partial charge in [0, 0.05) is 13.0 Å². The normalized spacial score (nSPS) is 10.2. The van der Waals surface area contributed by atoms with Crippen LogP contribution in [0.15, 0.2) is 24.3 Å². The highest BCUT2D eigenvalue weighted by Gasteiger charge is 2.11. The number of hydrogen-bond donors (Lipinski definition) is 2. The summed E-state index contributed by atoms with van der Waals surface area (Å²) < 4.78 is 5.43. The zero-order valence-electron chi connectivity index (χ0n) is 11.1. The Morgan fingerprint density at radius 1 is 1.40 bits per heavy atom. The minimum absolute atomic E-state index is 0.161. The maximum absolute atomic E-state index is 12.1. The van der Waals surface area contributed by atoms with Gasteiger partial charge < -0.3 is 15.8 Å². The van der Waals surface area contributed by atoms with E-state index in [0.717, 1.165) is 5.01 Å². The Labute approximate surface area is 121 Å². The van der Waals surface area contributed by atoms with Crippen molar-refractivity contribution in [3.63, 3.8) is 0 Å². The molecule has 0 bridgehead atoms. The van der Waals surface area contributed by atoms with Crippen LogP contribution >= 0.6 is 11.3 Å². The van der Waals surface area contributed by atoms with Gasteiger partial charge in [-0.2, -0.15) is 0 Å². The summed E-state index contributed by atoms with van der Waals surface area (Å²) >= 11 is 1.33. The van der Waals surface area contributed by atoms with E-state index in [9.17, 15) is 4.79 Å². The molecule has 0 aliphatic carbocycles. The molecule has 0 saturated heterocycles. The van der Waals surface area contributed by atoms with Gasteiger partial charge in [-0.15, -0.1) is 10.2 Å². The first-order valence-electron chi connectivity index (χ1n) is 6.28. The smallest absolute Gasteiger partial charge is 0.255 e. The maximum atomic E-state index is 12.1. The van der Waals surface area contributed by atoms with Crippen LogP contribution in [0.4, 0.5) is 5.13 Å². The average Bonchev–Trinajstić information content (AvgIpc) is 2.85. The molecule has 7 heteroatoms. The van der Waals surface area contributed by atoms with Gasteiger partial charge >= 0.3 is 0 Å². The molecule has 20 heavy (non-hydrogen) atoms. The number of nitrogens with two attached hydrogens (primary N) is 1. The van der Waals surface area contributed by atoms with Crippen molar-refractivity contribution in [2.45, 2.75) is 13.3 Å². The Morgan fingerprint density at radius 2 is 2.20 bits per heavy atom. The van der Waals surface area contributed by atoms with Crippen LogP contribution in [0, 0.1) is 0 Å². The molecule has 2 aromatic rings. The summed E-state index contributed by atoms with van der Waals surface area (Å²) in [6.07, 6.45) is 0.609. The number of amides is 1. The second kappa shape index (κ2) is 6.85. The van der Waals surface area contributed by atoms with Gasteiger partial charge in [-0.3, -0.25) is 4.79 Å². The summed E-state index contributed by atoms with van der Waals surface area (Å²) in [5.74, 6) is 0.430. The van der Waals surface area contributed by atoms with E-state index >= 15 is 0 Å². The first-order chi connectivity index (χ1) is 9.70. The maximum Gasteiger partial charge on any atom is 0.255 e. The second-order valence-electron chi connectivity index (χ2n) is 3.97. The van der Waals surface area contributed by atoms with Crippen LogP contribution in [0.25, 0.3) is 0 Å². The first kappa shape index (κ1) is 14.3. The van der Waals surface area contributed by atoms with Gasteiger partial charge in [-0.1, -0.05) is 23.5 Å². The summed E-state index contributed by atoms with van der Waals surface area (Å²) in [5, 5.41) is 11.7. The van der Waals surface area contributed by atoms with E-state index in [1.807, 2.05) is 19.1 Å². The molecule has 0 aliphatic heterocycles. The molecule has 0 aliphatic rings. The fourth-order valence-corrected chi connectivity index (χ4v) is 2.29. The summed E-state index contributed by atoms with van der Waals surface area (Å²) in [6.45, 7) is 2.89. The van der Waals surface area contributed by atoms with Gasteiger partial charge in [0.1, 0.15) is 10.8 Å². The SMILES string of the molecule is CCOc1ccccc1C(=O)NCCc1nnc(N)s1. The van der Waals surface area contributed by atoms with Crippen LogP contribution in [0.2, 0.25) is 0 Å². The monoisotopic (exact) mass is 292 g/mol. The number of rotatable bonds is 6. The summed E-state index contributed by atoms with van der Waals surface area (Å²) in [7, 11) is 0. The molecule has 0 spiro atoms. The standard InChI is InChI=1S/C13H16N4O2S/c1-2-19-10-6-4-3-5-9(10)12(18)15-8-7-11-16-17-13(14)20-11/h3-6H,2,7-8H2,1H3,(H2,14,17)(H,15,18). The lowest BCUT2D eigenvalue weighted by Gasteiger charge is -2.09. The molecule has 2 rings (SSSR count). The number of ether oxygens (including phenoxy) is 1. The molecule has 0 saturated carbocycles. The van der Waals surface area contributed by atoms with Gasteiger partial charge in [0.05, 0.1) is 12.2 Å². The van der Waals surface area contributed by atoms with Gasteiger partial charge in [-0.25, -0.2) is 0 Å². The van der Waals surface area contributed by atoms with Crippen LogP contribution in [-0.4, -0.2) is 29.3 Å². The molecule has 0 radical (unpaired) electrons. The van der Waals surface area contributed by atoms with Crippen molar-refractivity contribution in [2.24, 2.45) is 0 Å². The molecule has 1 amide bonds. The molecule has 0 atom stereocenters. The fraction of sp³-hybridized carbons (Fsp3) is 0.308. The van der Waals surface area contributed by atoms with Gasteiger partial charge in [0.2, 0.25) is 5.13 Å². The van der Waals surface area contributed by atoms with Gasteiger partial charge in [-0.05, 0) is 19.1 Å². The number of benzene rings is 1. The Hall–Kier alpha value is -2.15. The zero-order valence-corrected chi connectivity index (χ0v) is 11.9. The number of carbonyl (C=O) groups excluding carboxylic acids is 1. The highest BCUT2D eigenvalue weighted by atomic mass is 32.1. The highest BCUT2D eigenvalue weighted by Crippen LogP contribution is 2.17. The molecule has 3 N–H and O–H groups in total. The lowest BCUT2D eigenvalue weighted by molar-refractivity contribution is 0.0950. The van der Waals surface area contributed by atoms with E-state index in [2.05, 4.69) is 15.5 Å². The van der Waals surface area contributed by atoms with Crippen molar-refractivity contribution in [1.82, 2.24) is 15.5 Å². The minimum atomic E-state index is -0.161. The van der Waals surface area contributed by atoms with E-state index in [-0.39, 0.29) is 5.91 Å². The number of anilines is 1. The van der Waals surface area contributed by atoms with Gasteiger partial charge in [0.15, 0.2) is 0 Å². The molecule has 0 fully saturated rings. The summed E-state index contributed by atoms with van der Waals surface area (Å²) in [6, 6.07) is 7.17. The Balaban J connectivity index is 1.91. The molecular weight excluding hydrogens is 276 g/mol. The molecule has 106 valence electrons. The third-order valence-corrected chi connectivity index (χ3v) is 3.35. The summed E-state index contributed by atoms with van der Waals surface area (Å²) in [4.78, 5) is 12.1. The number of nitrogens with one attached hydrogen (secondary N) is 1. The number of nitrogen functional groups attached to an aromatic ring is 1. The van der Waals surface area contributed by atoms with Crippen molar-refractivity contribution < 1.29 is 9.53 Å². The van der Waals surface area contributed by atoms with Crippen molar-refractivity contribution in [2.75, 3.05) is 18.9 Å². The predicted molar refractivity (Wildman–Crippen MR) is 78.0 cm³/mol. The zero-order chi connectivity index (χ0) is 14.4.